The fourth-order valence-corrected chi connectivity index (χ4v) is 4.51. The Morgan fingerprint density at radius 2 is 2.13 bits per heavy atom. The van der Waals surface area contributed by atoms with Crippen molar-refractivity contribution in [2.24, 2.45) is 0 Å². The fourth-order valence-electron chi connectivity index (χ4n) is 2.77. The summed E-state index contributed by atoms with van der Waals surface area (Å²) < 4.78 is 59.1. The van der Waals surface area contributed by atoms with Gasteiger partial charge >= 0.3 is 0 Å². The Hall–Kier alpha value is -1.80. The SMILES string of the molecule is CCc1cc([C@@H]2CCCN2S(=O)(=O)c2cc(F)ccc2F)on1. The number of hydrogen-bond donors (Lipinski definition) is 0. The molecule has 1 aromatic carbocycles. The van der Waals surface area contributed by atoms with Gasteiger partial charge in [-0.05, 0) is 37.5 Å². The molecule has 3 rings (SSSR count). The zero-order chi connectivity index (χ0) is 16.6. The summed E-state index contributed by atoms with van der Waals surface area (Å²) >= 11 is 0. The van der Waals surface area contributed by atoms with Gasteiger partial charge in [0.1, 0.15) is 16.5 Å². The summed E-state index contributed by atoms with van der Waals surface area (Å²) in [5.41, 5.74) is 0.723. The van der Waals surface area contributed by atoms with E-state index in [2.05, 4.69) is 5.16 Å². The van der Waals surface area contributed by atoms with E-state index in [1.165, 1.54) is 0 Å². The van der Waals surface area contributed by atoms with Crippen LogP contribution in [0.5, 0.6) is 0 Å². The molecule has 23 heavy (non-hydrogen) atoms. The molecule has 0 N–H and O–H groups in total. The van der Waals surface area contributed by atoms with E-state index in [1.54, 1.807) is 6.07 Å². The Kier molecular flexibility index (Phi) is 4.20. The zero-order valence-electron chi connectivity index (χ0n) is 12.5. The van der Waals surface area contributed by atoms with Gasteiger partial charge in [0.05, 0.1) is 11.7 Å². The molecule has 0 saturated carbocycles. The van der Waals surface area contributed by atoms with Crippen LogP contribution in [0.25, 0.3) is 0 Å². The lowest BCUT2D eigenvalue weighted by Crippen LogP contribution is -2.31. The molecule has 8 heteroatoms. The van der Waals surface area contributed by atoms with Gasteiger partial charge < -0.3 is 4.52 Å². The van der Waals surface area contributed by atoms with Crippen molar-refractivity contribution in [3.8, 4) is 0 Å². The summed E-state index contributed by atoms with van der Waals surface area (Å²) in [5, 5.41) is 3.87. The van der Waals surface area contributed by atoms with E-state index in [0.29, 0.717) is 31.1 Å². The number of hydrogen-bond acceptors (Lipinski definition) is 4. The van der Waals surface area contributed by atoms with Gasteiger partial charge in [-0.15, -0.1) is 0 Å². The van der Waals surface area contributed by atoms with Crippen molar-refractivity contribution in [3.05, 3.63) is 47.4 Å². The number of nitrogens with zero attached hydrogens (tertiary/aromatic N) is 2. The highest BCUT2D eigenvalue weighted by molar-refractivity contribution is 7.89. The third-order valence-corrected chi connectivity index (χ3v) is 5.87. The summed E-state index contributed by atoms with van der Waals surface area (Å²) in [6.45, 7) is 2.14. The second-order valence-corrected chi connectivity index (χ2v) is 7.28. The van der Waals surface area contributed by atoms with Crippen LogP contribution in [-0.4, -0.2) is 24.4 Å². The summed E-state index contributed by atoms with van der Waals surface area (Å²) in [6.07, 6.45) is 1.83. The Bertz CT molecular complexity index is 820. The van der Waals surface area contributed by atoms with Crippen molar-refractivity contribution >= 4 is 10.0 Å². The maximum absolute atomic E-state index is 13.9. The molecule has 124 valence electrons. The predicted molar refractivity (Wildman–Crippen MR) is 78.1 cm³/mol. The van der Waals surface area contributed by atoms with Gasteiger partial charge in [0.25, 0.3) is 0 Å². The van der Waals surface area contributed by atoms with Gasteiger partial charge in [-0.2, -0.15) is 4.31 Å². The quantitative estimate of drug-likeness (QED) is 0.857. The molecule has 1 aliphatic rings. The van der Waals surface area contributed by atoms with E-state index < -0.39 is 32.6 Å². The Morgan fingerprint density at radius 1 is 1.35 bits per heavy atom. The lowest BCUT2D eigenvalue weighted by molar-refractivity contribution is 0.296. The lowest BCUT2D eigenvalue weighted by atomic mass is 10.1. The molecule has 0 amide bonds. The first-order valence-corrected chi connectivity index (χ1v) is 8.80. The normalized spacial score (nSPS) is 19.3. The van der Waals surface area contributed by atoms with Crippen LogP contribution in [0.2, 0.25) is 0 Å². The molecule has 0 bridgehead atoms. The number of sulfonamides is 1. The molecule has 0 radical (unpaired) electrons. The third-order valence-electron chi connectivity index (χ3n) is 3.95. The average Bonchev–Trinajstić information content (AvgIpc) is 3.17. The van der Waals surface area contributed by atoms with Gasteiger partial charge in [0.15, 0.2) is 5.76 Å². The van der Waals surface area contributed by atoms with Crippen LogP contribution >= 0.6 is 0 Å². The predicted octanol–water partition coefficient (Wildman–Crippen LogP) is 3.04. The molecule has 0 spiro atoms. The smallest absolute Gasteiger partial charge is 0.246 e. The van der Waals surface area contributed by atoms with Gasteiger partial charge in [-0.25, -0.2) is 17.2 Å². The molecule has 2 aromatic rings. The zero-order valence-corrected chi connectivity index (χ0v) is 13.3. The van der Waals surface area contributed by atoms with E-state index in [0.717, 1.165) is 22.1 Å². The molecule has 0 aliphatic carbocycles. The summed E-state index contributed by atoms with van der Waals surface area (Å²) in [4.78, 5) is -0.653. The van der Waals surface area contributed by atoms with E-state index in [1.807, 2.05) is 6.92 Å². The topological polar surface area (TPSA) is 63.4 Å². The first-order chi connectivity index (χ1) is 10.9. The number of benzene rings is 1. The van der Waals surface area contributed by atoms with Crippen LogP contribution in [0.1, 0.15) is 37.3 Å². The second-order valence-electron chi connectivity index (χ2n) is 5.42. The molecule has 1 aliphatic heterocycles. The van der Waals surface area contributed by atoms with E-state index in [-0.39, 0.29) is 6.54 Å². The minimum atomic E-state index is -4.16. The van der Waals surface area contributed by atoms with Gasteiger partial charge in [0, 0.05) is 12.6 Å². The van der Waals surface area contributed by atoms with Crippen LogP contribution in [0, 0.1) is 11.6 Å². The van der Waals surface area contributed by atoms with E-state index in [4.69, 9.17) is 4.52 Å². The average molecular weight is 342 g/mol. The van der Waals surface area contributed by atoms with Crippen LogP contribution in [-0.2, 0) is 16.4 Å². The van der Waals surface area contributed by atoms with Gasteiger partial charge in [0.2, 0.25) is 10.0 Å². The Morgan fingerprint density at radius 3 is 2.83 bits per heavy atom. The van der Waals surface area contributed by atoms with Gasteiger partial charge in [-0.1, -0.05) is 12.1 Å². The highest BCUT2D eigenvalue weighted by Crippen LogP contribution is 2.37. The van der Waals surface area contributed by atoms with Crippen molar-refractivity contribution in [2.75, 3.05) is 6.54 Å². The lowest BCUT2D eigenvalue weighted by Gasteiger charge is -2.22. The monoisotopic (exact) mass is 342 g/mol. The molecule has 1 fully saturated rings. The van der Waals surface area contributed by atoms with Crippen molar-refractivity contribution in [2.45, 2.75) is 37.1 Å². The third kappa shape index (κ3) is 2.88. The van der Waals surface area contributed by atoms with Crippen molar-refractivity contribution < 1.29 is 21.7 Å². The highest BCUT2D eigenvalue weighted by atomic mass is 32.2. The molecule has 0 unspecified atom stereocenters. The van der Waals surface area contributed by atoms with Crippen LogP contribution < -0.4 is 0 Å². The minimum Gasteiger partial charge on any atom is -0.359 e. The molecule has 1 aromatic heterocycles. The first kappa shape index (κ1) is 16.1. The maximum Gasteiger partial charge on any atom is 0.246 e. The molecule has 2 heterocycles. The summed E-state index contributed by atoms with van der Waals surface area (Å²) in [7, 11) is -4.16. The minimum absolute atomic E-state index is 0.227. The van der Waals surface area contributed by atoms with Gasteiger partial charge in [-0.3, -0.25) is 0 Å². The largest absolute Gasteiger partial charge is 0.359 e. The summed E-state index contributed by atoms with van der Waals surface area (Å²) in [6, 6.07) is 3.57. The van der Waals surface area contributed by atoms with Crippen LogP contribution in [0.3, 0.4) is 0 Å². The van der Waals surface area contributed by atoms with E-state index in [9.17, 15) is 17.2 Å². The second kappa shape index (κ2) is 6.01. The maximum atomic E-state index is 13.9. The highest BCUT2D eigenvalue weighted by Gasteiger charge is 2.39. The Balaban J connectivity index is 1.99. The molecular formula is C15H16F2N2O3S. The number of aryl methyl sites for hydroxylation is 1. The molecule has 5 nitrogen and oxygen atoms in total. The van der Waals surface area contributed by atoms with Crippen LogP contribution in [0.4, 0.5) is 8.78 Å². The number of halogens is 2. The van der Waals surface area contributed by atoms with E-state index >= 15 is 0 Å². The molecule has 1 atom stereocenters. The number of rotatable bonds is 4. The standard InChI is InChI=1S/C15H16F2N2O3S/c1-2-11-9-14(22-18-11)13-4-3-7-19(13)23(20,21)15-8-10(16)5-6-12(15)17/h5-6,8-9,13H,2-4,7H2,1H3/t13-/m0/s1. The number of aromatic nitrogens is 1. The van der Waals surface area contributed by atoms with Crippen molar-refractivity contribution in [1.82, 2.24) is 9.46 Å². The van der Waals surface area contributed by atoms with Crippen LogP contribution in [0.15, 0.2) is 33.7 Å². The van der Waals surface area contributed by atoms with Crippen molar-refractivity contribution in [1.29, 1.82) is 0 Å². The van der Waals surface area contributed by atoms with Crippen molar-refractivity contribution in [3.63, 3.8) is 0 Å². The fraction of sp³-hybridized carbons (Fsp3) is 0.400. The first-order valence-electron chi connectivity index (χ1n) is 7.36. The molecule has 1 saturated heterocycles. The summed E-state index contributed by atoms with van der Waals surface area (Å²) in [5.74, 6) is -1.34. The Labute approximate surface area is 132 Å². The molecular weight excluding hydrogens is 326 g/mol.